The lowest BCUT2D eigenvalue weighted by Crippen LogP contribution is -2.02. The van der Waals surface area contributed by atoms with E-state index >= 15 is 0 Å². The highest BCUT2D eigenvalue weighted by atomic mass is 35.5. The monoisotopic (exact) mass is 242 g/mol. The molecule has 0 aromatic heterocycles. The number of hydrogen-bond donors (Lipinski definition) is 1. The standard InChI is InChI=1S/C15H11ClO/c16-12-7-8-14-11(9-12)6-5-10-3-1-2-4-13(10)15(14)17/h1-9,15,17H/t15-/m1/s1. The first kappa shape index (κ1) is 10.6. The molecule has 1 aliphatic rings. The third-order valence-corrected chi connectivity index (χ3v) is 3.31. The Kier molecular flexibility index (Phi) is 2.50. The fourth-order valence-electron chi connectivity index (χ4n) is 2.20. The van der Waals surface area contributed by atoms with Crippen LogP contribution in [0.25, 0.3) is 12.2 Å². The van der Waals surface area contributed by atoms with Gasteiger partial charge in [-0.25, -0.2) is 0 Å². The molecule has 0 fully saturated rings. The summed E-state index contributed by atoms with van der Waals surface area (Å²) in [7, 11) is 0. The maximum atomic E-state index is 10.4. The second-order valence-electron chi connectivity index (χ2n) is 4.14. The van der Waals surface area contributed by atoms with E-state index in [4.69, 9.17) is 11.6 Å². The summed E-state index contributed by atoms with van der Waals surface area (Å²) in [6.45, 7) is 0. The van der Waals surface area contributed by atoms with Crippen molar-refractivity contribution >= 4 is 23.8 Å². The zero-order valence-electron chi connectivity index (χ0n) is 9.10. The Hall–Kier alpha value is -1.57. The van der Waals surface area contributed by atoms with Crippen LogP contribution < -0.4 is 0 Å². The first-order chi connectivity index (χ1) is 8.25. The van der Waals surface area contributed by atoms with E-state index in [2.05, 4.69) is 0 Å². The zero-order valence-corrected chi connectivity index (χ0v) is 9.85. The molecule has 0 unspecified atom stereocenters. The zero-order chi connectivity index (χ0) is 11.8. The van der Waals surface area contributed by atoms with Crippen LogP contribution in [0.2, 0.25) is 5.02 Å². The van der Waals surface area contributed by atoms with Gasteiger partial charge in [0.2, 0.25) is 0 Å². The van der Waals surface area contributed by atoms with Gasteiger partial charge in [0.1, 0.15) is 6.10 Å². The lowest BCUT2D eigenvalue weighted by Gasteiger charge is -2.14. The van der Waals surface area contributed by atoms with Crippen molar-refractivity contribution in [2.75, 3.05) is 0 Å². The minimum atomic E-state index is -0.589. The molecule has 1 nitrogen and oxygen atoms in total. The summed E-state index contributed by atoms with van der Waals surface area (Å²) in [4.78, 5) is 0. The highest BCUT2D eigenvalue weighted by molar-refractivity contribution is 6.30. The Morgan fingerprint density at radius 2 is 1.59 bits per heavy atom. The molecule has 1 aliphatic carbocycles. The number of halogens is 1. The van der Waals surface area contributed by atoms with Gasteiger partial charge in [0.25, 0.3) is 0 Å². The van der Waals surface area contributed by atoms with Gasteiger partial charge in [-0.05, 0) is 34.4 Å². The third-order valence-electron chi connectivity index (χ3n) is 3.08. The minimum Gasteiger partial charge on any atom is -0.384 e. The van der Waals surface area contributed by atoms with E-state index in [1.165, 1.54) is 0 Å². The lowest BCUT2D eigenvalue weighted by molar-refractivity contribution is 0.220. The molecule has 0 spiro atoms. The molecule has 0 bridgehead atoms. The van der Waals surface area contributed by atoms with Crippen molar-refractivity contribution in [2.45, 2.75) is 6.10 Å². The van der Waals surface area contributed by atoms with Crippen LogP contribution in [-0.2, 0) is 0 Å². The molecule has 3 rings (SSSR count). The fraction of sp³-hybridized carbons (Fsp3) is 0.0667. The van der Waals surface area contributed by atoms with Gasteiger partial charge in [-0.3, -0.25) is 0 Å². The van der Waals surface area contributed by atoms with E-state index in [9.17, 15) is 5.11 Å². The van der Waals surface area contributed by atoms with Gasteiger partial charge in [-0.1, -0.05) is 54.1 Å². The van der Waals surface area contributed by atoms with Crippen LogP contribution in [0.3, 0.4) is 0 Å². The summed E-state index contributed by atoms with van der Waals surface area (Å²) in [6.07, 6.45) is 3.42. The number of hydrogen-bond acceptors (Lipinski definition) is 1. The Labute approximate surface area is 105 Å². The molecule has 2 aromatic carbocycles. The molecule has 84 valence electrons. The van der Waals surface area contributed by atoms with E-state index in [0.717, 1.165) is 22.3 Å². The van der Waals surface area contributed by atoms with E-state index in [1.807, 2.05) is 54.6 Å². The van der Waals surface area contributed by atoms with Gasteiger partial charge in [0.15, 0.2) is 0 Å². The van der Waals surface area contributed by atoms with E-state index in [0.29, 0.717) is 5.02 Å². The van der Waals surface area contributed by atoms with Crippen molar-refractivity contribution < 1.29 is 5.11 Å². The van der Waals surface area contributed by atoms with Crippen LogP contribution in [0, 0.1) is 0 Å². The molecule has 0 saturated heterocycles. The summed E-state index contributed by atoms with van der Waals surface area (Å²) in [6, 6.07) is 13.4. The van der Waals surface area contributed by atoms with Gasteiger partial charge in [-0.15, -0.1) is 0 Å². The minimum absolute atomic E-state index is 0.589. The summed E-state index contributed by atoms with van der Waals surface area (Å²) >= 11 is 5.97. The molecule has 0 aliphatic heterocycles. The maximum absolute atomic E-state index is 10.4. The largest absolute Gasteiger partial charge is 0.384 e. The highest BCUT2D eigenvalue weighted by Gasteiger charge is 2.18. The van der Waals surface area contributed by atoms with Crippen molar-refractivity contribution in [3.8, 4) is 0 Å². The smallest absolute Gasteiger partial charge is 0.105 e. The van der Waals surface area contributed by atoms with Crippen molar-refractivity contribution in [3.05, 3.63) is 69.7 Å². The van der Waals surface area contributed by atoms with E-state index in [-0.39, 0.29) is 0 Å². The number of aliphatic hydroxyl groups excluding tert-OH is 1. The van der Waals surface area contributed by atoms with Crippen molar-refractivity contribution in [3.63, 3.8) is 0 Å². The van der Waals surface area contributed by atoms with Crippen LogP contribution in [0.5, 0.6) is 0 Å². The molecule has 0 radical (unpaired) electrons. The van der Waals surface area contributed by atoms with Gasteiger partial charge in [0, 0.05) is 5.02 Å². The van der Waals surface area contributed by atoms with Crippen LogP contribution in [0.4, 0.5) is 0 Å². The SMILES string of the molecule is O[C@@H]1c2ccccc2C=Cc2cc(Cl)ccc21. The van der Waals surface area contributed by atoms with Crippen molar-refractivity contribution in [2.24, 2.45) is 0 Å². The Balaban J connectivity index is 2.24. The summed E-state index contributed by atoms with van der Waals surface area (Å²) < 4.78 is 0. The molecule has 2 aromatic rings. The van der Waals surface area contributed by atoms with E-state index < -0.39 is 6.10 Å². The van der Waals surface area contributed by atoms with Gasteiger partial charge in [0.05, 0.1) is 0 Å². The Morgan fingerprint density at radius 1 is 0.882 bits per heavy atom. The average molecular weight is 243 g/mol. The fourth-order valence-corrected chi connectivity index (χ4v) is 2.38. The van der Waals surface area contributed by atoms with Crippen LogP contribution in [0.1, 0.15) is 28.4 Å². The summed E-state index contributed by atoms with van der Waals surface area (Å²) in [5.41, 5.74) is 3.86. The molecular weight excluding hydrogens is 232 g/mol. The maximum Gasteiger partial charge on any atom is 0.105 e. The predicted octanol–water partition coefficient (Wildman–Crippen LogP) is 3.91. The molecule has 0 heterocycles. The molecule has 1 N–H and O–H groups in total. The Bertz CT molecular complexity index is 602. The van der Waals surface area contributed by atoms with Crippen molar-refractivity contribution in [1.82, 2.24) is 0 Å². The molecule has 17 heavy (non-hydrogen) atoms. The molecule has 2 heteroatoms. The molecule has 0 amide bonds. The van der Waals surface area contributed by atoms with Crippen molar-refractivity contribution in [1.29, 1.82) is 0 Å². The lowest BCUT2D eigenvalue weighted by atomic mass is 9.97. The third kappa shape index (κ3) is 1.78. The molecule has 0 saturated carbocycles. The summed E-state index contributed by atoms with van der Waals surface area (Å²) in [5.74, 6) is 0. The summed E-state index contributed by atoms with van der Waals surface area (Å²) in [5, 5.41) is 11.1. The Morgan fingerprint density at radius 3 is 2.47 bits per heavy atom. The second-order valence-corrected chi connectivity index (χ2v) is 4.57. The van der Waals surface area contributed by atoms with Crippen LogP contribution in [0.15, 0.2) is 42.5 Å². The second kappa shape index (κ2) is 4.02. The normalized spacial score (nSPS) is 17.2. The number of aliphatic hydroxyl groups is 1. The highest BCUT2D eigenvalue weighted by Crippen LogP contribution is 2.33. The van der Waals surface area contributed by atoms with Crippen LogP contribution in [-0.4, -0.2) is 5.11 Å². The first-order valence-electron chi connectivity index (χ1n) is 5.50. The quantitative estimate of drug-likeness (QED) is 0.743. The predicted molar refractivity (Wildman–Crippen MR) is 70.9 cm³/mol. The van der Waals surface area contributed by atoms with Crippen LogP contribution >= 0.6 is 11.6 Å². The van der Waals surface area contributed by atoms with Gasteiger partial charge < -0.3 is 5.11 Å². The number of fused-ring (bicyclic) bond motifs is 2. The first-order valence-corrected chi connectivity index (χ1v) is 5.88. The van der Waals surface area contributed by atoms with Gasteiger partial charge >= 0.3 is 0 Å². The molecular formula is C15H11ClO. The average Bonchev–Trinajstić information content (AvgIpc) is 2.48. The van der Waals surface area contributed by atoms with Gasteiger partial charge in [-0.2, -0.15) is 0 Å². The number of rotatable bonds is 0. The topological polar surface area (TPSA) is 20.2 Å². The molecule has 1 atom stereocenters. The van der Waals surface area contributed by atoms with E-state index in [1.54, 1.807) is 0 Å². The number of benzene rings is 2.